The monoisotopic (exact) mass is 365 g/mol. The molecule has 4 aromatic rings. The van der Waals surface area contributed by atoms with Gasteiger partial charge in [0.1, 0.15) is 5.69 Å². The molecule has 0 atom stereocenters. The van der Waals surface area contributed by atoms with Crippen LogP contribution in [-0.2, 0) is 13.6 Å². The van der Waals surface area contributed by atoms with E-state index in [1.165, 1.54) is 6.26 Å². The van der Waals surface area contributed by atoms with Gasteiger partial charge >= 0.3 is 0 Å². The molecule has 1 amide bonds. The summed E-state index contributed by atoms with van der Waals surface area (Å²) in [6, 6.07) is 8.55. The molecule has 0 radical (unpaired) electrons. The molecule has 0 bridgehead atoms. The van der Waals surface area contributed by atoms with Crippen molar-refractivity contribution in [2.75, 3.05) is 0 Å². The van der Waals surface area contributed by atoms with Gasteiger partial charge in [0.05, 0.1) is 23.8 Å². The molecule has 0 unspecified atom stereocenters. The molecule has 1 aromatic carbocycles. The van der Waals surface area contributed by atoms with E-state index in [0.717, 1.165) is 0 Å². The van der Waals surface area contributed by atoms with Crippen molar-refractivity contribution in [1.82, 2.24) is 25.0 Å². The van der Waals surface area contributed by atoms with E-state index in [4.69, 9.17) is 8.94 Å². The first-order valence-electron chi connectivity index (χ1n) is 8.15. The van der Waals surface area contributed by atoms with Gasteiger partial charge in [0.15, 0.2) is 5.76 Å². The molecule has 0 saturated heterocycles. The number of aryl methyl sites for hydroxylation is 2. The van der Waals surface area contributed by atoms with E-state index in [2.05, 4.69) is 20.4 Å². The fourth-order valence-electron chi connectivity index (χ4n) is 2.71. The van der Waals surface area contributed by atoms with Crippen LogP contribution < -0.4 is 10.9 Å². The predicted molar refractivity (Wildman–Crippen MR) is 94.9 cm³/mol. The van der Waals surface area contributed by atoms with Gasteiger partial charge in [-0.1, -0.05) is 5.16 Å². The highest BCUT2D eigenvalue weighted by atomic mass is 16.5. The smallest absolute Gasteiger partial charge is 0.287 e. The molecular weight excluding hydrogens is 350 g/mol. The van der Waals surface area contributed by atoms with Crippen molar-refractivity contribution in [3.05, 3.63) is 64.3 Å². The topological polar surface area (TPSA) is 116 Å². The van der Waals surface area contributed by atoms with Crippen LogP contribution in [-0.4, -0.2) is 25.6 Å². The largest absolute Gasteiger partial charge is 0.459 e. The number of rotatable bonds is 4. The molecule has 9 heteroatoms. The standard InChI is InChI=1S/C18H15N5O4/c1-10-18(25)23(2)13-6-5-11(8-12(13)20-10)16-21-15(27-22-16)9-19-17(24)14-4-3-7-26-14/h3-8H,9H2,1-2H3,(H,19,24). The maximum absolute atomic E-state index is 12.0. The lowest BCUT2D eigenvalue weighted by Crippen LogP contribution is -2.22. The first kappa shape index (κ1) is 16.7. The highest BCUT2D eigenvalue weighted by Crippen LogP contribution is 2.20. The van der Waals surface area contributed by atoms with E-state index in [1.807, 2.05) is 0 Å². The van der Waals surface area contributed by atoms with Crippen LogP contribution in [0.3, 0.4) is 0 Å². The Morgan fingerprint density at radius 3 is 2.89 bits per heavy atom. The molecule has 0 aliphatic carbocycles. The Balaban J connectivity index is 1.57. The van der Waals surface area contributed by atoms with E-state index in [1.54, 1.807) is 48.9 Å². The van der Waals surface area contributed by atoms with Crippen molar-refractivity contribution in [3.8, 4) is 11.4 Å². The summed E-state index contributed by atoms with van der Waals surface area (Å²) in [4.78, 5) is 32.4. The second-order valence-electron chi connectivity index (χ2n) is 5.94. The SMILES string of the molecule is Cc1nc2cc(-c3noc(CNC(=O)c4ccco4)n3)ccc2n(C)c1=O. The Bertz CT molecular complexity index is 1190. The van der Waals surface area contributed by atoms with Gasteiger partial charge in [0.25, 0.3) is 11.5 Å². The van der Waals surface area contributed by atoms with Gasteiger partial charge in [-0.3, -0.25) is 9.59 Å². The summed E-state index contributed by atoms with van der Waals surface area (Å²) in [5.74, 6) is 0.462. The molecule has 3 aromatic heterocycles. The molecule has 9 nitrogen and oxygen atoms in total. The van der Waals surface area contributed by atoms with Gasteiger partial charge in [-0.05, 0) is 37.3 Å². The zero-order valence-corrected chi connectivity index (χ0v) is 14.6. The van der Waals surface area contributed by atoms with Crippen molar-refractivity contribution in [1.29, 1.82) is 0 Å². The molecule has 0 spiro atoms. The van der Waals surface area contributed by atoms with Crippen molar-refractivity contribution in [3.63, 3.8) is 0 Å². The molecule has 27 heavy (non-hydrogen) atoms. The van der Waals surface area contributed by atoms with Crippen LogP contribution in [0.2, 0.25) is 0 Å². The summed E-state index contributed by atoms with van der Waals surface area (Å²) in [7, 11) is 1.70. The summed E-state index contributed by atoms with van der Waals surface area (Å²) in [6.07, 6.45) is 1.42. The normalized spacial score (nSPS) is 11.0. The van der Waals surface area contributed by atoms with E-state index in [9.17, 15) is 9.59 Å². The maximum atomic E-state index is 12.0. The van der Waals surface area contributed by atoms with Crippen LogP contribution in [0.25, 0.3) is 22.4 Å². The quantitative estimate of drug-likeness (QED) is 0.586. The number of carbonyl (C=O) groups is 1. The van der Waals surface area contributed by atoms with Crippen molar-refractivity contribution in [2.24, 2.45) is 7.05 Å². The number of furan rings is 1. The second kappa shape index (κ2) is 6.52. The summed E-state index contributed by atoms with van der Waals surface area (Å²) in [5, 5.41) is 6.58. The first-order valence-corrected chi connectivity index (χ1v) is 8.15. The predicted octanol–water partition coefficient (Wildman–Crippen LogP) is 1.81. The molecule has 0 aliphatic rings. The highest BCUT2D eigenvalue weighted by molar-refractivity contribution is 5.91. The number of benzene rings is 1. The van der Waals surface area contributed by atoms with Crippen molar-refractivity contribution < 1.29 is 13.7 Å². The number of hydrogen-bond acceptors (Lipinski definition) is 7. The molecule has 0 fully saturated rings. The van der Waals surface area contributed by atoms with Gasteiger partial charge in [-0.15, -0.1) is 0 Å². The molecular formula is C18H15N5O4. The van der Waals surface area contributed by atoms with E-state index < -0.39 is 0 Å². The first-order chi connectivity index (χ1) is 13.0. The minimum absolute atomic E-state index is 0.0754. The Morgan fingerprint density at radius 2 is 2.11 bits per heavy atom. The number of nitrogens with zero attached hydrogens (tertiary/aromatic N) is 4. The van der Waals surface area contributed by atoms with E-state index >= 15 is 0 Å². The van der Waals surface area contributed by atoms with E-state index in [0.29, 0.717) is 28.1 Å². The number of hydrogen-bond donors (Lipinski definition) is 1. The number of aromatic nitrogens is 4. The van der Waals surface area contributed by atoms with Gasteiger partial charge in [-0.2, -0.15) is 4.98 Å². The third-order valence-electron chi connectivity index (χ3n) is 4.11. The summed E-state index contributed by atoms with van der Waals surface area (Å²) < 4.78 is 11.7. The fraction of sp³-hybridized carbons (Fsp3) is 0.167. The van der Waals surface area contributed by atoms with Gasteiger partial charge in [0, 0.05) is 12.6 Å². The zero-order valence-electron chi connectivity index (χ0n) is 14.6. The summed E-state index contributed by atoms with van der Waals surface area (Å²) in [6.45, 7) is 1.74. The molecule has 3 heterocycles. The molecule has 4 rings (SSSR count). The third-order valence-corrected chi connectivity index (χ3v) is 4.11. The fourth-order valence-corrected chi connectivity index (χ4v) is 2.71. The van der Waals surface area contributed by atoms with Crippen molar-refractivity contribution >= 4 is 16.9 Å². The maximum Gasteiger partial charge on any atom is 0.287 e. The van der Waals surface area contributed by atoms with Crippen LogP contribution in [0.5, 0.6) is 0 Å². The van der Waals surface area contributed by atoms with Gasteiger partial charge < -0.3 is 18.8 Å². The zero-order chi connectivity index (χ0) is 19.0. The van der Waals surface area contributed by atoms with Gasteiger partial charge in [0.2, 0.25) is 11.7 Å². The average Bonchev–Trinajstić information content (AvgIpc) is 3.36. The lowest BCUT2D eigenvalue weighted by atomic mass is 10.1. The van der Waals surface area contributed by atoms with Crippen LogP contribution in [0, 0.1) is 6.92 Å². The molecule has 136 valence electrons. The third kappa shape index (κ3) is 3.10. The van der Waals surface area contributed by atoms with Crippen LogP contribution >= 0.6 is 0 Å². The number of carbonyl (C=O) groups excluding carboxylic acids is 1. The Labute approximate surface area is 152 Å². The molecule has 1 N–H and O–H groups in total. The second-order valence-corrected chi connectivity index (χ2v) is 5.94. The minimum Gasteiger partial charge on any atom is -0.459 e. The lowest BCUT2D eigenvalue weighted by Gasteiger charge is -2.06. The Morgan fingerprint density at radius 1 is 1.26 bits per heavy atom. The Hall–Kier alpha value is -3.75. The number of nitrogens with one attached hydrogen (secondary N) is 1. The number of fused-ring (bicyclic) bond motifs is 1. The van der Waals surface area contributed by atoms with Crippen LogP contribution in [0.4, 0.5) is 0 Å². The molecule has 0 aliphatic heterocycles. The summed E-state index contributed by atoms with van der Waals surface area (Å²) in [5.41, 5.74) is 2.34. The summed E-state index contributed by atoms with van der Waals surface area (Å²) >= 11 is 0. The molecule has 0 saturated carbocycles. The van der Waals surface area contributed by atoms with Gasteiger partial charge in [-0.25, -0.2) is 4.98 Å². The number of amides is 1. The lowest BCUT2D eigenvalue weighted by molar-refractivity contribution is 0.0918. The highest BCUT2D eigenvalue weighted by Gasteiger charge is 2.14. The van der Waals surface area contributed by atoms with E-state index in [-0.39, 0.29) is 29.7 Å². The Kier molecular flexibility index (Phi) is 4.03. The van der Waals surface area contributed by atoms with Crippen molar-refractivity contribution in [2.45, 2.75) is 13.5 Å². The average molecular weight is 365 g/mol. The van der Waals surface area contributed by atoms with Crippen LogP contribution in [0.1, 0.15) is 22.1 Å². The minimum atomic E-state index is -0.369. The van der Waals surface area contributed by atoms with Crippen LogP contribution in [0.15, 0.2) is 50.3 Å².